The van der Waals surface area contributed by atoms with Crippen LogP contribution in [0.4, 0.5) is 0 Å². The number of para-hydroxylation sites is 1. The molecule has 4 rings (SSSR count). The highest BCUT2D eigenvalue weighted by Gasteiger charge is 2.31. The summed E-state index contributed by atoms with van der Waals surface area (Å²) in [7, 11) is 0. The molecule has 7 heteroatoms. The quantitative estimate of drug-likeness (QED) is 0.748. The first-order valence-electron chi connectivity index (χ1n) is 8.85. The summed E-state index contributed by atoms with van der Waals surface area (Å²) in [6, 6.07) is 13.0. The van der Waals surface area contributed by atoms with Gasteiger partial charge in [-0.1, -0.05) is 18.2 Å². The summed E-state index contributed by atoms with van der Waals surface area (Å²) in [5.74, 6) is -0.363. The van der Waals surface area contributed by atoms with Gasteiger partial charge < -0.3 is 23.7 Å². The van der Waals surface area contributed by atoms with E-state index >= 15 is 0 Å². The zero-order valence-corrected chi connectivity index (χ0v) is 14.7. The van der Waals surface area contributed by atoms with E-state index in [4.69, 9.17) is 14.3 Å². The Morgan fingerprint density at radius 1 is 1.15 bits per heavy atom. The molecule has 1 amide bonds. The minimum atomic E-state index is -0.956. The number of benzene rings is 1. The van der Waals surface area contributed by atoms with E-state index in [-0.39, 0.29) is 24.7 Å². The van der Waals surface area contributed by atoms with Gasteiger partial charge in [-0.25, -0.2) is 0 Å². The van der Waals surface area contributed by atoms with Crippen LogP contribution in [0.15, 0.2) is 53.1 Å². The predicted octanol–water partition coefficient (Wildman–Crippen LogP) is 2.60. The number of carboxylic acids is 1. The van der Waals surface area contributed by atoms with Crippen molar-refractivity contribution in [1.29, 1.82) is 0 Å². The molecule has 1 aliphatic heterocycles. The highest BCUT2D eigenvalue weighted by molar-refractivity contribution is 5.92. The van der Waals surface area contributed by atoms with Gasteiger partial charge >= 0.3 is 5.97 Å². The van der Waals surface area contributed by atoms with Gasteiger partial charge in [0, 0.05) is 18.3 Å². The van der Waals surface area contributed by atoms with Crippen LogP contribution in [0.3, 0.4) is 0 Å². The molecular formula is C20H20N2O5. The molecule has 0 unspecified atom stereocenters. The Kier molecular flexibility index (Phi) is 4.68. The van der Waals surface area contributed by atoms with Gasteiger partial charge in [-0.2, -0.15) is 0 Å². The van der Waals surface area contributed by atoms with Crippen molar-refractivity contribution in [2.45, 2.75) is 19.0 Å². The third-order valence-corrected chi connectivity index (χ3v) is 4.78. The second kappa shape index (κ2) is 7.28. The molecule has 7 nitrogen and oxygen atoms in total. The van der Waals surface area contributed by atoms with E-state index in [0.29, 0.717) is 25.5 Å². The third kappa shape index (κ3) is 3.59. The summed E-state index contributed by atoms with van der Waals surface area (Å²) in [5.41, 5.74) is 1.09. The van der Waals surface area contributed by atoms with Crippen LogP contribution in [0, 0.1) is 0 Å². The smallest absolute Gasteiger partial charge is 0.305 e. The van der Waals surface area contributed by atoms with Crippen LogP contribution < -0.4 is 0 Å². The van der Waals surface area contributed by atoms with Gasteiger partial charge in [0.2, 0.25) is 0 Å². The second-order valence-corrected chi connectivity index (χ2v) is 6.59. The van der Waals surface area contributed by atoms with Crippen LogP contribution >= 0.6 is 0 Å². The van der Waals surface area contributed by atoms with Gasteiger partial charge in [-0.05, 0) is 29.7 Å². The minimum Gasteiger partial charge on any atom is -0.481 e. The zero-order valence-electron chi connectivity index (χ0n) is 14.7. The fourth-order valence-electron chi connectivity index (χ4n) is 3.46. The van der Waals surface area contributed by atoms with Gasteiger partial charge in [-0.3, -0.25) is 9.59 Å². The summed E-state index contributed by atoms with van der Waals surface area (Å²) < 4.78 is 13.2. The first-order valence-corrected chi connectivity index (χ1v) is 8.85. The molecule has 0 radical (unpaired) electrons. The van der Waals surface area contributed by atoms with Crippen molar-refractivity contribution in [1.82, 2.24) is 9.47 Å². The number of amides is 1. The lowest BCUT2D eigenvalue weighted by Crippen LogP contribution is -2.49. The van der Waals surface area contributed by atoms with Gasteiger partial charge in [0.15, 0.2) is 5.76 Å². The molecule has 1 N–H and O–H groups in total. The van der Waals surface area contributed by atoms with Gasteiger partial charge in [0.1, 0.15) is 5.76 Å². The molecule has 1 aromatic carbocycles. The van der Waals surface area contributed by atoms with E-state index < -0.39 is 12.0 Å². The number of hydrogen-bond acceptors (Lipinski definition) is 4. The number of nitrogens with zero attached hydrogens (tertiary/aromatic N) is 2. The average Bonchev–Trinajstić information content (AvgIpc) is 3.29. The molecule has 0 bridgehead atoms. The molecule has 2 aromatic heterocycles. The molecule has 0 saturated carbocycles. The van der Waals surface area contributed by atoms with Crippen molar-refractivity contribution < 1.29 is 23.8 Å². The Bertz CT molecular complexity index is 974. The number of carbonyl (C=O) groups excluding carboxylic acids is 1. The molecule has 140 valence electrons. The van der Waals surface area contributed by atoms with E-state index in [0.717, 1.165) is 10.9 Å². The lowest BCUT2D eigenvalue weighted by atomic mass is 10.1. The van der Waals surface area contributed by atoms with E-state index in [2.05, 4.69) is 4.57 Å². The Morgan fingerprint density at radius 2 is 2.00 bits per heavy atom. The van der Waals surface area contributed by atoms with Crippen molar-refractivity contribution in [2.75, 3.05) is 19.8 Å². The number of hydrogen-bond donors (Lipinski definition) is 1. The highest BCUT2D eigenvalue weighted by Crippen LogP contribution is 2.20. The van der Waals surface area contributed by atoms with Crippen LogP contribution in [-0.4, -0.2) is 52.3 Å². The fraction of sp³-hybridized carbons (Fsp3) is 0.300. The summed E-state index contributed by atoms with van der Waals surface area (Å²) in [4.78, 5) is 25.4. The maximum atomic E-state index is 12.8. The number of ether oxygens (including phenoxy) is 1. The number of morpholine rings is 1. The number of carbonyl (C=O) groups is 2. The van der Waals surface area contributed by atoms with Crippen LogP contribution in [0.5, 0.6) is 0 Å². The number of rotatable bonds is 5. The predicted molar refractivity (Wildman–Crippen MR) is 97.6 cm³/mol. The largest absolute Gasteiger partial charge is 0.481 e. The molecular weight excluding hydrogens is 348 g/mol. The van der Waals surface area contributed by atoms with Crippen molar-refractivity contribution >= 4 is 22.8 Å². The molecule has 27 heavy (non-hydrogen) atoms. The molecule has 1 saturated heterocycles. The second-order valence-electron chi connectivity index (χ2n) is 6.59. The number of furan rings is 1. The molecule has 1 aliphatic rings. The summed E-state index contributed by atoms with van der Waals surface area (Å²) in [6.07, 6.45) is 1.84. The zero-order chi connectivity index (χ0) is 18.8. The summed E-state index contributed by atoms with van der Waals surface area (Å²) in [5, 5.41) is 10.2. The lowest BCUT2D eigenvalue weighted by Gasteiger charge is -2.34. The standard InChI is InChI=1S/C20H20N2O5/c23-19(24)11-15-13-26-10-9-22(15)20(25)18-6-5-16(27-18)12-21-8-7-14-3-1-2-4-17(14)21/h1-8,15H,9-13H2,(H,23,24)/t15-/m0/s1. The summed E-state index contributed by atoms with van der Waals surface area (Å²) in [6.45, 7) is 1.49. The molecule has 0 spiro atoms. The monoisotopic (exact) mass is 368 g/mol. The van der Waals surface area contributed by atoms with Crippen LogP contribution in [0.1, 0.15) is 22.7 Å². The average molecular weight is 368 g/mol. The minimum absolute atomic E-state index is 0.144. The maximum absolute atomic E-state index is 12.8. The van der Waals surface area contributed by atoms with Gasteiger partial charge in [0.25, 0.3) is 5.91 Å². The Morgan fingerprint density at radius 3 is 2.85 bits per heavy atom. The number of aliphatic carboxylic acids is 1. The molecule has 3 heterocycles. The third-order valence-electron chi connectivity index (χ3n) is 4.78. The number of aromatic nitrogens is 1. The number of fused-ring (bicyclic) bond motifs is 1. The lowest BCUT2D eigenvalue weighted by molar-refractivity contribution is -0.139. The molecule has 1 fully saturated rings. The Hall–Kier alpha value is -3.06. The summed E-state index contributed by atoms with van der Waals surface area (Å²) >= 11 is 0. The van der Waals surface area contributed by atoms with Crippen LogP contribution in [0.2, 0.25) is 0 Å². The van der Waals surface area contributed by atoms with E-state index in [1.54, 1.807) is 12.1 Å². The van der Waals surface area contributed by atoms with Crippen LogP contribution in [0.25, 0.3) is 10.9 Å². The van der Waals surface area contributed by atoms with Crippen molar-refractivity contribution in [3.05, 3.63) is 60.2 Å². The SMILES string of the molecule is O=C(O)C[C@H]1COCCN1C(=O)c1ccc(Cn2ccc3ccccc32)o1. The fourth-order valence-corrected chi connectivity index (χ4v) is 3.46. The maximum Gasteiger partial charge on any atom is 0.305 e. The van der Waals surface area contributed by atoms with Gasteiger partial charge in [0.05, 0.1) is 32.2 Å². The first-order chi connectivity index (χ1) is 13.1. The van der Waals surface area contributed by atoms with E-state index in [9.17, 15) is 9.59 Å². The first kappa shape index (κ1) is 17.4. The molecule has 0 aliphatic carbocycles. The van der Waals surface area contributed by atoms with Crippen LogP contribution in [-0.2, 0) is 16.1 Å². The number of carboxylic acid groups (broad SMARTS) is 1. The molecule has 1 atom stereocenters. The van der Waals surface area contributed by atoms with Crippen molar-refractivity contribution in [2.24, 2.45) is 0 Å². The van der Waals surface area contributed by atoms with E-state index in [1.165, 1.54) is 4.90 Å². The topological polar surface area (TPSA) is 84.9 Å². The highest BCUT2D eigenvalue weighted by atomic mass is 16.5. The van der Waals surface area contributed by atoms with Gasteiger partial charge in [-0.15, -0.1) is 0 Å². The van der Waals surface area contributed by atoms with Crippen molar-refractivity contribution in [3.8, 4) is 0 Å². The molecule has 3 aromatic rings. The van der Waals surface area contributed by atoms with Crippen molar-refractivity contribution in [3.63, 3.8) is 0 Å². The Balaban J connectivity index is 1.51. The Labute approximate surface area is 155 Å². The van der Waals surface area contributed by atoms with E-state index in [1.807, 2.05) is 36.5 Å². The normalized spacial score (nSPS) is 17.3.